The molecule has 0 aromatic heterocycles. The van der Waals surface area contributed by atoms with E-state index in [1.165, 1.54) is 12.8 Å². The molecule has 0 aliphatic carbocycles. The Morgan fingerprint density at radius 1 is 1.39 bits per heavy atom. The molecule has 0 saturated carbocycles. The predicted octanol–water partition coefficient (Wildman–Crippen LogP) is 2.66. The molecule has 0 spiro atoms. The van der Waals surface area contributed by atoms with Crippen molar-refractivity contribution in [3.63, 3.8) is 0 Å². The number of hydrogen-bond acceptors (Lipinski definition) is 2. The van der Waals surface area contributed by atoms with Crippen molar-refractivity contribution in [3.8, 4) is 0 Å². The minimum atomic E-state index is 0.186. The van der Waals surface area contributed by atoms with Crippen LogP contribution in [0.5, 0.6) is 0 Å². The average molecular weight is 254 g/mol. The second-order valence-electron chi connectivity index (χ2n) is 6.65. The minimum absolute atomic E-state index is 0.186. The van der Waals surface area contributed by atoms with Crippen LogP contribution in [0.1, 0.15) is 53.4 Å². The number of likely N-dealkylation sites (tertiary alicyclic amines) is 1. The third-order valence-corrected chi connectivity index (χ3v) is 4.30. The van der Waals surface area contributed by atoms with Crippen LogP contribution in [-0.4, -0.2) is 37.0 Å². The summed E-state index contributed by atoms with van der Waals surface area (Å²) < 4.78 is 0. The van der Waals surface area contributed by atoms with Gasteiger partial charge in [-0.1, -0.05) is 34.1 Å². The molecule has 1 aliphatic heterocycles. The molecule has 0 aromatic rings. The van der Waals surface area contributed by atoms with Gasteiger partial charge in [-0.15, -0.1) is 0 Å². The maximum Gasteiger partial charge on any atom is 0.222 e. The van der Waals surface area contributed by atoms with Crippen LogP contribution in [0.3, 0.4) is 0 Å². The van der Waals surface area contributed by atoms with E-state index in [0.29, 0.717) is 11.9 Å². The summed E-state index contributed by atoms with van der Waals surface area (Å²) in [5.74, 6) is 1.08. The molecule has 1 fully saturated rings. The first-order chi connectivity index (χ1) is 8.38. The van der Waals surface area contributed by atoms with E-state index in [2.05, 4.69) is 37.9 Å². The molecule has 106 valence electrons. The van der Waals surface area contributed by atoms with Gasteiger partial charge in [-0.2, -0.15) is 0 Å². The summed E-state index contributed by atoms with van der Waals surface area (Å²) in [4.78, 5) is 14.2. The lowest BCUT2D eigenvalue weighted by atomic mass is 9.86. The largest absolute Gasteiger partial charge is 0.341 e. The molecule has 3 heteroatoms. The molecule has 1 aliphatic rings. The van der Waals surface area contributed by atoms with E-state index in [1.54, 1.807) is 0 Å². The number of likely N-dealkylation sites (N-methyl/N-ethyl adjacent to an activating group) is 1. The zero-order valence-electron chi connectivity index (χ0n) is 12.8. The summed E-state index contributed by atoms with van der Waals surface area (Å²) in [6, 6.07) is 0.361. The fourth-order valence-corrected chi connectivity index (χ4v) is 2.71. The van der Waals surface area contributed by atoms with Gasteiger partial charge in [0.15, 0.2) is 0 Å². The van der Waals surface area contributed by atoms with Crippen molar-refractivity contribution in [2.24, 2.45) is 11.3 Å². The van der Waals surface area contributed by atoms with Gasteiger partial charge in [0, 0.05) is 25.6 Å². The summed E-state index contributed by atoms with van der Waals surface area (Å²) in [5, 5.41) is 3.36. The van der Waals surface area contributed by atoms with E-state index in [1.807, 2.05) is 7.05 Å². The SMILES string of the molecule is CCC1CCC(=O)N(CC(NC)C(C)(C)C)CC1. The molecular weight excluding hydrogens is 224 g/mol. The Bertz CT molecular complexity index is 270. The fraction of sp³-hybridized carbons (Fsp3) is 0.933. The number of nitrogens with one attached hydrogen (secondary N) is 1. The van der Waals surface area contributed by atoms with Crippen LogP contribution in [0.15, 0.2) is 0 Å². The number of hydrogen-bond donors (Lipinski definition) is 1. The van der Waals surface area contributed by atoms with E-state index in [0.717, 1.165) is 31.8 Å². The monoisotopic (exact) mass is 254 g/mol. The van der Waals surface area contributed by atoms with Crippen molar-refractivity contribution >= 4 is 5.91 Å². The van der Waals surface area contributed by atoms with Crippen molar-refractivity contribution in [3.05, 3.63) is 0 Å². The summed E-state index contributed by atoms with van der Waals surface area (Å²) in [7, 11) is 1.99. The zero-order chi connectivity index (χ0) is 13.8. The predicted molar refractivity (Wildman–Crippen MR) is 76.5 cm³/mol. The molecule has 2 unspecified atom stereocenters. The molecule has 0 aromatic carbocycles. The second-order valence-corrected chi connectivity index (χ2v) is 6.65. The highest BCUT2D eigenvalue weighted by Gasteiger charge is 2.28. The molecule has 0 bridgehead atoms. The van der Waals surface area contributed by atoms with E-state index < -0.39 is 0 Å². The Morgan fingerprint density at radius 2 is 2.06 bits per heavy atom. The van der Waals surface area contributed by atoms with E-state index in [4.69, 9.17) is 0 Å². The van der Waals surface area contributed by atoms with Crippen LogP contribution in [0.25, 0.3) is 0 Å². The van der Waals surface area contributed by atoms with Crippen molar-refractivity contribution in [1.82, 2.24) is 10.2 Å². The number of carbonyl (C=O) groups excluding carboxylic acids is 1. The summed E-state index contributed by atoms with van der Waals surface area (Å²) >= 11 is 0. The first-order valence-electron chi connectivity index (χ1n) is 7.33. The maximum atomic E-state index is 12.2. The highest BCUT2D eigenvalue weighted by molar-refractivity contribution is 5.76. The topological polar surface area (TPSA) is 32.3 Å². The van der Waals surface area contributed by atoms with Gasteiger partial charge in [-0.3, -0.25) is 4.79 Å². The van der Waals surface area contributed by atoms with Gasteiger partial charge in [-0.05, 0) is 31.2 Å². The van der Waals surface area contributed by atoms with Gasteiger partial charge >= 0.3 is 0 Å². The van der Waals surface area contributed by atoms with E-state index >= 15 is 0 Å². The number of carbonyl (C=O) groups is 1. The molecule has 0 radical (unpaired) electrons. The molecule has 1 N–H and O–H groups in total. The molecule has 1 saturated heterocycles. The second kappa shape index (κ2) is 6.55. The fourth-order valence-electron chi connectivity index (χ4n) is 2.71. The molecule has 1 heterocycles. The number of nitrogens with zero attached hydrogens (tertiary/aromatic N) is 1. The van der Waals surface area contributed by atoms with E-state index in [9.17, 15) is 4.79 Å². The first kappa shape index (κ1) is 15.5. The smallest absolute Gasteiger partial charge is 0.222 e. The molecule has 1 amide bonds. The summed E-state index contributed by atoms with van der Waals surface area (Å²) in [6.07, 6.45) is 4.18. The van der Waals surface area contributed by atoms with Crippen molar-refractivity contribution < 1.29 is 4.79 Å². The van der Waals surface area contributed by atoms with Gasteiger partial charge in [-0.25, -0.2) is 0 Å². The van der Waals surface area contributed by atoms with Gasteiger partial charge in [0.25, 0.3) is 0 Å². The lowest BCUT2D eigenvalue weighted by Crippen LogP contribution is -2.48. The summed E-state index contributed by atoms with van der Waals surface area (Å²) in [6.45, 7) is 10.7. The lowest BCUT2D eigenvalue weighted by Gasteiger charge is -2.35. The number of amides is 1. The third-order valence-electron chi connectivity index (χ3n) is 4.30. The minimum Gasteiger partial charge on any atom is -0.341 e. The Morgan fingerprint density at radius 3 is 2.56 bits per heavy atom. The van der Waals surface area contributed by atoms with Crippen LogP contribution >= 0.6 is 0 Å². The van der Waals surface area contributed by atoms with Crippen molar-refractivity contribution in [2.45, 2.75) is 59.4 Å². The molecule has 18 heavy (non-hydrogen) atoms. The van der Waals surface area contributed by atoms with Gasteiger partial charge in [0.1, 0.15) is 0 Å². The van der Waals surface area contributed by atoms with Crippen molar-refractivity contribution in [2.75, 3.05) is 20.1 Å². The lowest BCUT2D eigenvalue weighted by molar-refractivity contribution is -0.131. The maximum absolute atomic E-state index is 12.2. The summed E-state index contributed by atoms with van der Waals surface area (Å²) in [5.41, 5.74) is 0.186. The standard InChI is InChI=1S/C15H30N2O/c1-6-12-7-8-14(18)17(10-9-12)11-13(16-5)15(2,3)4/h12-13,16H,6-11H2,1-5H3. The highest BCUT2D eigenvalue weighted by atomic mass is 16.2. The van der Waals surface area contributed by atoms with Crippen LogP contribution < -0.4 is 5.32 Å². The molecular formula is C15H30N2O. The van der Waals surface area contributed by atoms with Gasteiger partial charge in [0.2, 0.25) is 5.91 Å². The zero-order valence-corrected chi connectivity index (χ0v) is 12.8. The van der Waals surface area contributed by atoms with Gasteiger partial charge in [0.05, 0.1) is 0 Å². The van der Waals surface area contributed by atoms with Crippen LogP contribution in [-0.2, 0) is 4.79 Å². The quantitative estimate of drug-likeness (QED) is 0.836. The Hall–Kier alpha value is -0.570. The Labute approximate surface area is 112 Å². The number of rotatable bonds is 4. The van der Waals surface area contributed by atoms with Crippen LogP contribution in [0.4, 0.5) is 0 Å². The third kappa shape index (κ3) is 4.27. The molecule has 2 atom stereocenters. The highest BCUT2D eigenvalue weighted by Crippen LogP contribution is 2.24. The Balaban J connectivity index is 2.62. The van der Waals surface area contributed by atoms with E-state index in [-0.39, 0.29) is 5.41 Å². The Kier molecular flexibility index (Phi) is 5.64. The van der Waals surface area contributed by atoms with Gasteiger partial charge < -0.3 is 10.2 Å². The normalized spacial score (nSPS) is 23.9. The van der Waals surface area contributed by atoms with Crippen LogP contribution in [0.2, 0.25) is 0 Å². The van der Waals surface area contributed by atoms with Crippen LogP contribution in [0, 0.1) is 11.3 Å². The molecule has 3 nitrogen and oxygen atoms in total. The average Bonchev–Trinajstić information content (AvgIpc) is 2.47. The van der Waals surface area contributed by atoms with Crippen molar-refractivity contribution in [1.29, 1.82) is 0 Å². The molecule has 1 rings (SSSR count). The first-order valence-corrected chi connectivity index (χ1v) is 7.33.